The lowest BCUT2D eigenvalue weighted by atomic mass is 10.1. The van der Waals surface area contributed by atoms with E-state index in [4.69, 9.17) is 9.47 Å². The molecule has 6 nitrogen and oxygen atoms in total. The van der Waals surface area contributed by atoms with E-state index in [2.05, 4.69) is 0 Å². The van der Waals surface area contributed by atoms with Crippen LogP contribution in [0.5, 0.6) is 5.75 Å². The summed E-state index contributed by atoms with van der Waals surface area (Å²) in [5.74, 6) is 0.608. The molecule has 0 spiro atoms. The molecule has 1 atom stereocenters. The first-order valence-corrected chi connectivity index (χ1v) is 8.53. The Morgan fingerprint density at radius 2 is 1.83 bits per heavy atom. The Balaban J connectivity index is 1.64. The van der Waals surface area contributed by atoms with E-state index in [-0.39, 0.29) is 17.9 Å². The van der Waals surface area contributed by atoms with Gasteiger partial charge in [0.2, 0.25) is 0 Å². The van der Waals surface area contributed by atoms with Gasteiger partial charge in [0.1, 0.15) is 11.9 Å². The molecule has 0 N–H and O–H groups in total. The first kappa shape index (κ1) is 16.8. The fourth-order valence-electron chi connectivity index (χ4n) is 3.31. The molecule has 24 heavy (non-hydrogen) atoms. The largest absolute Gasteiger partial charge is 0.496 e. The molecule has 2 aliphatic rings. The summed E-state index contributed by atoms with van der Waals surface area (Å²) in [4.78, 5) is 28.9. The van der Waals surface area contributed by atoms with Crippen molar-refractivity contribution >= 4 is 11.8 Å². The molecule has 1 unspecified atom stereocenters. The van der Waals surface area contributed by atoms with Gasteiger partial charge in [-0.05, 0) is 31.4 Å². The van der Waals surface area contributed by atoms with Crippen molar-refractivity contribution in [3.8, 4) is 5.75 Å². The predicted octanol–water partition coefficient (Wildman–Crippen LogP) is 1.55. The van der Waals surface area contributed by atoms with Crippen molar-refractivity contribution in [2.75, 3.05) is 39.9 Å². The quantitative estimate of drug-likeness (QED) is 0.843. The summed E-state index contributed by atoms with van der Waals surface area (Å²) >= 11 is 0. The van der Waals surface area contributed by atoms with E-state index >= 15 is 0 Å². The molecule has 2 aliphatic heterocycles. The number of methoxy groups -OCH3 is 1. The molecule has 0 bridgehead atoms. The van der Waals surface area contributed by atoms with Crippen LogP contribution in [0.3, 0.4) is 0 Å². The van der Waals surface area contributed by atoms with Gasteiger partial charge in [-0.15, -0.1) is 0 Å². The highest BCUT2D eigenvalue weighted by molar-refractivity contribution is 5.97. The minimum atomic E-state index is -0.290. The number of para-hydroxylation sites is 1. The van der Waals surface area contributed by atoms with E-state index in [0.29, 0.717) is 44.1 Å². The molecule has 0 radical (unpaired) electrons. The lowest BCUT2D eigenvalue weighted by Gasteiger charge is -2.24. The first-order valence-electron chi connectivity index (χ1n) is 8.53. The zero-order chi connectivity index (χ0) is 16.9. The topological polar surface area (TPSA) is 59.1 Å². The van der Waals surface area contributed by atoms with Crippen LogP contribution in [0.4, 0.5) is 0 Å². The maximum Gasteiger partial charge on any atom is 0.257 e. The third-order valence-corrected chi connectivity index (χ3v) is 4.64. The van der Waals surface area contributed by atoms with E-state index in [9.17, 15) is 9.59 Å². The highest BCUT2D eigenvalue weighted by Crippen LogP contribution is 2.21. The normalized spacial score (nSPS) is 21.5. The molecule has 2 saturated heterocycles. The summed E-state index contributed by atoms with van der Waals surface area (Å²) in [5, 5.41) is 0. The van der Waals surface area contributed by atoms with Crippen molar-refractivity contribution in [2.24, 2.45) is 0 Å². The molecule has 3 rings (SSSR count). The molecule has 0 saturated carbocycles. The van der Waals surface area contributed by atoms with Crippen LogP contribution in [0.15, 0.2) is 24.3 Å². The number of hydrogen-bond donors (Lipinski definition) is 0. The summed E-state index contributed by atoms with van der Waals surface area (Å²) in [7, 11) is 1.57. The van der Waals surface area contributed by atoms with Gasteiger partial charge in [0.25, 0.3) is 11.8 Å². The second-order valence-corrected chi connectivity index (χ2v) is 6.17. The standard InChI is InChI=1S/C18H24N2O4/c1-23-15-7-3-2-6-14(15)17(21)19-9-5-10-20(12-11-19)18(22)16-8-4-13-24-16/h2-3,6-7,16H,4-5,8-13H2,1H3. The molecule has 1 aromatic rings. The number of nitrogens with zero attached hydrogens (tertiary/aromatic N) is 2. The molecule has 2 amide bonds. The highest BCUT2D eigenvalue weighted by Gasteiger charge is 2.30. The van der Waals surface area contributed by atoms with E-state index < -0.39 is 0 Å². The van der Waals surface area contributed by atoms with Gasteiger partial charge in [-0.1, -0.05) is 12.1 Å². The van der Waals surface area contributed by atoms with Gasteiger partial charge >= 0.3 is 0 Å². The van der Waals surface area contributed by atoms with Gasteiger partial charge in [0.15, 0.2) is 0 Å². The summed E-state index contributed by atoms with van der Waals surface area (Å²) in [6, 6.07) is 7.25. The maximum absolute atomic E-state index is 12.8. The second kappa shape index (κ2) is 7.66. The SMILES string of the molecule is COc1ccccc1C(=O)N1CCCN(C(=O)C2CCCO2)CC1. The third kappa shape index (κ3) is 3.53. The van der Waals surface area contributed by atoms with Crippen LogP contribution in [0, 0.1) is 0 Å². The zero-order valence-electron chi connectivity index (χ0n) is 14.1. The molecule has 2 fully saturated rings. The zero-order valence-corrected chi connectivity index (χ0v) is 14.1. The number of carbonyl (C=O) groups is 2. The molecule has 2 heterocycles. The second-order valence-electron chi connectivity index (χ2n) is 6.17. The number of amides is 2. The number of carbonyl (C=O) groups excluding carboxylic acids is 2. The molecule has 0 aliphatic carbocycles. The number of hydrogen-bond acceptors (Lipinski definition) is 4. The Hall–Kier alpha value is -2.08. The van der Waals surface area contributed by atoms with Crippen LogP contribution in [-0.2, 0) is 9.53 Å². The molecular weight excluding hydrogens is 308 g/mol. The first-order chi connectivity index (χ1) is 11.7. The molecule has 6 heteroatoms. The molecule has 130 valence electrons. The highest BCUT2D eigenvalue weighted by atomic mass is 16.5. The smallest absolute Gasteiger partial charge is 0.257 e. The lowest BCUT2D eigenvalue weighted by molar-refractivity contribution is -0.140. The van der Waals surface area contributed by atoms with E-state index in [1.807, 2.05) is 17.0 Å². The Morgan fingerprint density at radius 3 is 2.58 bits per heavy atom. The third-order valence-electron chi connectivity index (χ3n) is 4.64. The van der Waals surface area contributed by atoms with Gasteiger partial charge in [-0.3, -0.25) is 9.59 Å². The summed E-state index contributed by atoms with van der Waals surface area (Å²) in [6.07, 6.45) is 2.24. The van der Waals surface area contributed by atoms with Crippen molar-refractivity contribution in [2.45, 2.75) is 25.4 Å². The maximum atomic E-state index is 12.8. The molecular formula is C18H24N2O4. The van der Waals surface area contributed by atoms with Crippen LogP contribution in [-0.4, -0.2) is 67.6 Å². The summed E-state index contributed by atoms with van der Waals surface area (Å²) < 4.78 is 10.8. The Bertz CT molecular complexity index is 598. The minimum absolute atomic E-state index is 0.0427. The average Bonchev–Trinajstić information content (AvgIpc) is 3.05. The predicted molar refractivity (Wildman–Crippen MR) is 89.1 cm³/mol. The molecule has 1 aromatic carbocycles. The van der Waals surface area contributed by atoms with Crippen LogP contribution < -0.4 is 4.74 Å². The van der Waals surface area contributed by atoms with Crippen LogP contribution >= 0.6 is 0 Å². The van der Waals surface area contributed by atoms with Gasteiger partial charge < -0.3 is 19.3 Å². The molecule has 0 aromatic heterocycles. The van der Waals surface area contributed by atoms with Gasteiger partial charge in [-0.2, -0.15) is 0 Å². The Labute approximate surface area is 142 Å². The minimum Gasteiger partial charge on any atom is -0.496 e. The van der Waals surface area contributed by atoms with Crippen molar-refractivity contribution in [3.63, 3.8) is 0 Å². The average molecular weight is 332 g/mol. The van der Waals surface area contributed by atoms with Gasteiger partial charge in [0, 0.05) is 32.8 Å². The van der Waals surface area contributed by atoms with E-state index in [1.165, 1.54) is 0 Å². The number of benzene rings is 1. The van der Waals surface area contributed by atoms with Crippen molar-refractivity contribution in [1.29, 1.82) is 0 Å². The van der Waals surface area contributed by atoms with Crippen molar-refractivity contribution in [3.05, 3.63) is 29.8 Å². The van der Waals surface area contributed by atoms with Gasteiger partial charge in [-0.25, -0.2) is 0 Å². The van der Waals surface area contributed by atoms with Crippen molar-refractivity contribution < 1.29 is 19.1 Å². The lowest BCUT2D eigenvalue weighted by Crippen LogP contribution is -2.41. The van der Waals surface area contributed by atoms with E-state index in [0.717, 1.165) is 19.3 Å². The van der Waals surface area contributed by atoms with Crippen LogP contribution in [0.1, 0.15) is 29.6 Å². The summed E-state index contributed by atoms with van der Waals surface area (Å²) in [6.45, 7) is 3.08. The van der Waals surface area contributed by atoms with Crippen molar-refractivity contribution in [1.82, 2.24) is 9.80 Å². The summed E-state index contributed by atoms with van der Waals surface area (Å²) in [5.41, 5.74) is 0.568. The number of rotatable bonds is 3. The Kier molecular flexibility index (Phi) is 5.35. The van der Waals surface area contributed by atoms with E-state index in [1.54, 1.807) is 24.1 Å². The van der Waals surface area contributed by atoms with Crippen LogP contribution in [0.25, 0.3) is 0 Å². The van der Waals surface area contributed by atoms with Crippen LogP contribution in [0.2, 0.25) is 0 Å². The monoisotopic (exact) mass is 332 g/mol. The Morgan fingerprint density at radius 1 is 1.08 bits per heavy atom. The fraction of sp³-hybridized carbons (Fsp3) is 0.556. The van der Waals surface area contributed by atoms with Gasteiger partial charge in [0.05, 0.1) is 12.7 Å². The fourth-order valence-corrected chi connectivity index (χ4v) is 3.31. The number of ether oxygens (including phenoxy) is 2.